The summed E-state index contributed by atoms with van der Waals surface area (Å²) in [7, 11) is 2.04. The summed E-state index contributed by atoms with van der Waals surface area (Å²) in [5, 5.41) is 4.29. The van der Waals surface area contributed by atoms with Crippen molar-refractivity contribution in [2.24, 2.45) is 0 Å². The van der Waals surface area contributed by atoms with E-state index in [1.807, 2.05) is 18.7 Å². The third-order valence-corrected chi connectivity index (χ3v) is 2.15. The molecule has 0 radical (unpaired) electrons. The van der Waals surface area contributed by atoms with Gasteiger partial charge in [0.15, 0.2) is 5.82 Å². The van der Waals surface area contributed by atoms with E-state index in [0.29, 0.717) is 0 Å². The second kappa shape index (κ2) is 1.90. The highest BCUT2D eigenvalue weighted by atomic mass is 15.4. The third-order valence-electron chi connectivity index (χ3n) is 2.15. The first-order valence-corrected chi connectivity index (χ1v) is 3.74. The molecule has 4 heteroatoms. The number of hydrogen-bond donors (Lipinski definition) is 1. The first kappa shape index (κ1) is 6.52. The van der Waals surface area contributed by atoms with Crippen LogP contribution in [0.3, 0.4) is 0 Å². The molecule has 0 aliphatic carbocycles. The van der Waals surface area contributed by atoms with Gasteiger partial charge in [-0.1, -0.05) is 0 Å². The summed E-state index contributed by atoms with van der Waals surface area (Å²) in [5.74, 6) is 1.07. The fourth-order valence-corrected chi connectivity index (χ4v) is 1.49. The Morgan fingerprint density at radius 2 is 2.18 bits per heavy atom. The summed E-state index contributed by atoms with van der Waals surface area (Å²) in [6.07, 6.45) is 0. The molecule has 0 unspecified atom stereocenters. The van der Waals surface area contributed by atoms with Crippen LogP contribution in [0, 0.1) is 6.92 Å². The van der Waals surface area contributed by atoms with Crippen molar-refractivity contribution in [3.05, 3.63) is 5.69 Å². The molecule has 0 atom stereocenters. The molecule has 1 aliphatic rings. The number of hydrogen-bond acceptors (Lipinski definition) is 3. The van der Waals surface area contributed by atoms with E-state index in [2.05, 4.69) is 10.00 Å². The average molecular weight is 152 g/mol. The van der Waals surface area contributed by atoms with Crippen LogP contribution in [0.2, 0.25) is 0 Å². The Hall–Kier alpha value is -1.19. The molecule has 0 saturated carbocycles. The Morgan fingerprint density at radius 1 is 1.45 bits per heavy atom. The summed E-state index contributed by atoms with van der Waals surface area (Å²) in [4.78, 5) is 2.13. The number of nitrogen functional groups attached to an aromatic ring is 1. The van der Waals surface area contributed by atoms with Gasteiger partial charge in [0.2, 0.25) is 0 Å². The predicted octanol–water partition coefficient (Wildman–Crippen LogP) is 0.224. The van der Waals surface area contributed by atoms with Crippen molar-refractivity contribution in [1.82, 2.24) is 9.78 Å². The lowest BCUT2D eigenvalue weighted by Gasteiger charge is -2.08. The summed E-state index contributed by atoms with van der Waals surface area (Å²) >= 11 is 0. The summed E-state index contributed by atoms with van der Waals surface area (Å²) in [6.45, 7) is 3.92. The highest BCUT2D eigenvalue weighted by molar-refractivity contribution is 5.67. The molecule has 4 nitrogen and oxygen atoms in total. The zero-order chi connectivity index (χ0) is 8.01. The lowest BCUT2D eigenvalue weighted by Crippen LogP contribution is -2.14. The van der Waals surface area contributed by atoms with Gasteiger partial charge in [0.05, 0.1) is 17.9 Å². The van der Waals surface area contributed by atoms with Crippen molar-refractivity contribution < 1.29 is 0 Å². The van der Waals surface area contributed by atoms with Gasteiger partial charge in [0.1, 0.15) is 0 Å². The predicted molar refractivity (Wildman–Crippen MR) is 44.6 cm³/mol. The van der Waals surface area contributed by atoms with Gasteiger partial charge < -0.3 is 10.6 Å². The summed E-state index contributed by atoms with van der Waals surface area (Å²) in [6, 6.07) is 0. The van der Waals surface area contributed by atoms with E-state index in [4.69, 9.17) is 5.73 Å². The number of aromatic nitrogens is 2. The molecule has 0 spiro atoms. The molecular formula is C7H12N4. The molecule has 1 aromatic heterocycles. The minimum atomic E-state index is 0.824. The first-order valence-electron chi connectivity index (χ1n) is 3.74. The van der Waals surface area contributed by atoms with Gasteiger partial charge in [-0.15, -0.1) is 0 Å². The smallest absolute Gasteiger partial charge is 0.150 e. The van der Waals surface area contributed by atoms with Crippen LogP contribution in [-0.4, -0.2) is 23.4 Å². The van der Waals surface area contributed by atoms with Gasteiger partial charge in [-0.05, 0) is 6.92 Å². The molecule has 0 fully saturated rings. The van der Waals surface area contributed by atoms with E-state index in [1.165, 1.54) is 0 Å². The maximum atomic E-state index is 5.82. The number of nitrogens with zero attached hydrogens (tertiary/aromatic N) is 3. The quantitative estimate of drug-likeness (QED) is 0.578. The largest absolute Gasteiger partial charge is 0.394 e. The van der Waals surface area contributed by atoms with Crippen LogP contribution in [0.1, 0.15) is 5.69 Å². The molecule has 0 bridgehead atoms. The molecule has 11 heavy (non-hydrogen) atoms. The average Bonchev–Trinajstić information content (AvgIpc) is 2.41. The molecule has 1 aromatic rings. The molecule has 0 amide bonds. The van der Waals surface area contributed by atoms with E-state index in [1.54, 1.807) is 0 Å². The van der Waals surface area contributed by atoms with E-state index in [-0.39, 0.29) is 0 Å². The van der Waals surface area contributed by atoms with E-state index < -0.39 is 0 Å². The van der Waals surface area contributed by atoms with Gasteiger partial charge in [0.25, 0.3) is 0 Å². The molecule has 1 aliphatic heterocycles. The van der Waals surface area contributed by atoms with Crippen LogP contribution in [0.15, 0.2) is 0 Å². The van der Waals surface area contributed by atoms with E-state index in [0.717, 1.165) is 30.3 Å². The number of rotatable bonds is 0. The molecular weight excluding hydrogens is 140 g/mol. The van der Waals surface area contributed by atoms with Crippen LogP contribution in [0.4, 0.5) is 11.5 Å². The summed E-state index contributed by atoms with van der Waals surface area (Å²) in [5.41, 5.74) is 7.58. The van der Waals surface area contributed by atoms with E-state index in [9.17, 15) is 0 Å². The molecule has 60 valence electrons. The molecule has 2 heterocycles. The Kier molecular flexibility index (Phi) is 1.13. The Labute approximate surface area is 65.6 Å². The lowest BCUT2D eigenvalue weighted by atomic mass is 10.4. The molecule has 2 N–H and O–H groups in total. The van der Waals surface area contributed by atoms with Gasteiger partial charge in [-0.3, -0.25) is 0 Å². The SMILES string of the molecule is Cc1nn2c(c1N)N(C)CC2. The topological polar surface area (TPSA) is 47.1 Å². The molecule has 0 aromatic carbocycles. The minimum Gasteiger partial charge on any atom is -0.394 e. The Morgan fingerprint density at radius 3 is 2.82 bits per heavy atom. The number of anilines is 2. The lowest BCUT2D eigenvalue weighted by molar-refractivity contribution is 0.683. The van der Waals surface area contributed by atoms with Crippen LogP contribution >= 0.6 is 0 Å². The zero-order valence-electron chi connectivity index (χ0n) is 6.83. The fraction of sp³-hybridized carbons (Fsp3) is 0.571. The van der Waals surface area contributed by atoms with Crippen LogP contribution in [-0.2, 0) is 6.54 Å². The first-order chi connectivity index (χ1) is 5.20. The van der Waals surface area contributed by atoms with Crippen LogP contribution < -0.4 is 10.6 Å². The second-order valence-corrected chi connectivity index (χ2v) is 2.97. The molecule has 2 rings (SSSR count). The van der Waals surface area contributed by atoms with Crippen molar-refractivity contribution in [3.63, 3.8) is 0 Å². The van der Waals surface area contributed by atoms with Crippen molar-refractivity contribution in [2.45, 2.75) is 13.5 Å². The van der Waals surface area contributed by atoms with Crippen molar-refractivity contribution in [1.29, 1.82) is 0 Å². The highest BCUT2D eigenvalue weighted by Crippen LogP contribution is 2.28. The molecule has 0 saturated heterocycles. The Bertz CT molecular complexity index is 289. The van der Waals surface area contributed by atoms with E-state index >= 15 is 0 Å². The van der Waals surface area contributed by atoms with Crippen LogP contribution in [0.25, 0.3) is 0 Å². The fourth-order valence-electron chi connectivity index (χ4n) is 1.49. The van der Waals surface area contributed by atoms with Crippen molar-refractivity contribution in [3.8, 4) is 0 Å². The van der Waals surface area contributed by atoms with Crippen LogP contribution in [0.5, 0.6) is 0 Å². The van der Waals surface area contributed by atoms with Crippen molar-refractivity contribution >= 4 is 11.5 Å². The summed E-state index contributed by atoms with van der Waals surface area (Å²) < 4.78 is 1.96. The third kappa shape index (κ3) is 0.721. The highest BCUT2D eigenvalue weighted by Gasteiger charge is 2.21. The number of aryl methyl sites for hydroxylation is 1. The standard InChI is InChI=1S/C7H12N4/c1-5-6(8)7-10(2)3-4-11(7)9-5/h3-4,8H2,1-2H3. The Balaban J connectivity index is 2.58. The number of fused-ring (bicyclic) bond motifs is 1. The second-order valence-electron chi connectivity index (χ2n) is 2.97. The van der Waals surface area contributed by atoms with Gasteiger partial charge in [-0.2, -0.15) is 5.10 Å². The number of likely N-dealkylation sites (N-methyl/N-ethyl adjacent to an activating group) is 1. The number of nitrogens with two attached hydrogens (primary N) is 1. The monoisotopic (exact) mass is 152 g/mol. The normalized spacial score (nSPS) is 15.6. The van der Waals surface area contributed by atoms with Gasteiger partial charge in [-0.25, -0.2) is 4.68 Å². The van der Waals surface area contributed by atoms with Crippen molar-refractivity contribution in [2.75, 3.05) is 24.2 Å². The maximum absolute atomic E-state index is 5.82. The maximum Gasteiger partial charge on any atom is 0.150 e. The van der Waals surface area contributed by atoms with Gasteiger partial charge in [0, 0.05) is 13.6 Å². The zero-order valence-corrected chi connectivity index (χ0v) is 6.83. The van der Waals surface area contributed by atoms with Gasteiger partial charge >= 0.3 is 0 Å². The minimum absolute atomic E-state index is 0.824.